The zero-order chi connectivity index (χ0) is 12.1. The molecule has 0 N–H and O–H groups in total. The molecular formula is C12H12Cl2O2. The quantitative estimate of drug-likeness (QED) is 0.358. The second kappa shape index (κ2) is 5.92. The lowest BCUT2D eigenvalue weighted by molar-refractivity contribution is -0.132. The van der Waals surface area contributed by atoms with Gasteiger partial charge in [-0.1, -0.05) is 47.0 Å². The van der Waals surface area contributed by atoms with E-state index in [2.05, 4.69) is 6.58 Å². The Balaban J connectivity index is 2.94. The summed E-state index contributed by atoms with van der Waals surface area (Å²) in [5.74, 6) is -0.195. The van der Waals surface area contributed by atoms with Crippen molar-refractivity contribution in [3.05, 3.63) is 42.0 Å². The summed E-state index contributed by atoms with van der Waals surface area (Å²) in [6.45, 7) is 5.61. The summed E-state index contributed by atoms with van der Waals surface area (Å²) in [5, 5.41) is 0. The summed E-state index contributed by atoms with van der Waals surface area (Å²) in [5.41, 5.74) is 1.97. The largest absolute Gasteiger partial charge is 0.424 e. The van der Waals surface area contributed by atoms with Crippen LogP contribution in [0.4, 0.5) is 0 Å². The Labute approximate surface area is 105 Å². The van der Waals surface area contributed by atoms with Crippen LogP contribution in [0.5, 0.6) is 5.75 Å². The lowest BCUT2D eigenvalue weighted by atomic mass is 10.1. The highest BCUT2D eigenvalue weighted by Crippen LogP contribution is 2.22. The third-order valence-corrected chi connectivity index (χ3v) is 2.33. The van der Waals surface area contributed by atoms with E-state index in [0.29, 0.717) is 12.2 Å². The zero-order valence-corrected chi connectivity index (χ0v) is 10.4. The van der Waals surface area contributed by atoms with Gasteiger partial charge in [0.1, 0.15) is 5.75 Å². The second-order valence-corrected chi connectivity index (χ2v) is 4.42. The van der Waals surface area contributed by atoms with Gasteiger partial charge in [0.05, 0.1) is 0 Å². The Morgan fingerprint density at radius 2 is 2.25 bits per heavy atom. The SMILES string of the molecule is C=CCc1cc(C)ccc1OC(=O)C(Cl)Cl. The first kappa shape index (κ1) is 13.1. The molecule has 0 saturated heterocycles. The lowest BCUT2D eigenvalue weighted by Gasteiger charge is -2.09. The number of halogens is 2. The molecule has 0 heterocycles. The smallest absolute Gasteiger partial charge is 0.344 e. The second-order valence-electron chi connectivity index (χ2n) is 3.33. The number of hydrogen-bond donors (Lipinski definition) is 0. The third-order valence-electron chi connectivity index (χ3n) is 1.97. The van der Waals surface area contributed by atoms with Crippen LogP contribution in [0.15, 0.2) is 30.9 Å². The van der Waals surface area contributed by atoms with Gasteiger partial charge < -0.3 is 4.74 Å². The molecule has 0 aliphatic carbocycles. The number of hydrogen-bond acceptors (Lipinski definition) is 2. The van der Waals surface area contributed by atoms with Crippen LogP contribution in [-0.4, -0.2) is 10.8 Å². The topological polar surface area (TPSA) is 26.3 Å². The molecule has 0 spiro atoms. The monoisotopic (exact) mass is 258 g/mol. The van der Waals surface area contributed by atoms with Crippen molar-refractivity contribution in [3.63, 3.8) is 0 Å². The van der Waals surface area contributed by atoms with Gasteiger partial charge in [0.25, 0.3) is 0 Å². The molecule has 0 aliphatic heterocycles. The van der Waals surface area contributed by atoms with Crippen LogP contribution in [0.3, 0.4) is 0 Å². The fraction of sp³-hybridized carbons (Fsp3) is 0.250. The van der Waals surface area contributed by atoms with Crippen molar-refractivity contribution in [2.24, 2.45) is 0 Å². The molecule has 0 atom stereocenters. The van der Waals surface area contributed by atoms with Crippen molar-refractivity contribution in [1.82, 2.24) is 0 Å². The normalized spacial score (nSPS) is 10.2. The number of benzene rings is 1. The number of esters is 1. The molecule has 0 aliphatic rings. The Morgan fingerprint density at radius 1 is 1.56 bits per heavy atom. The zero-order valence-electron chi connectivity index (χ0n) is 8.87. The lowest BCUT2D eigenvalue weighted by Crippen LogP contribution is -2.16. The highest BCUT2D eigenvalue weighted by molar-refractivity contribution is 6.53. The minimum atomic E-state index is -1.17. The van der Waals surface area contributed by atoms with Gasteiger partial charge in [-0.2, -0.15) is 0 Å². The van der Waals surface area contributed by atoms with Gasteiger partial charge in [-0.3, -0.25) is 0 Å². The first-order valence-electron chi connectivity index (χ1n) is 4.75. The molecule has 1 rings (SSSR count). The van der Waals surface area contributed by atoms with E-state index in [1.54, 1.807) is 12.1 Å². The van der Waals surface area contributed by atoms with Gasteiger partial charge in [0.2, 0.25) is 4.84 Å². The van der Waals surface area contributed by atoms with E-state index in [1.807, 2.05) is 19.1 Å². The van der Waals surface area contributed by atoms with Gasteiger partial charge in [-0.05, 0) is 25.0 Å². The van der Waals surface area contributed by atoms with Crippen LogP contribution in [0.1, 0.15) is 11.1 Å². The van der Waals surface area contributed by atoms with Gasteiger partial charge in [-0.25, -0.2) is 4.79 Å². The van der Waals surface area contributed by atoms with E-state index < -0.39 is 10.8 Å². The van der Waals surface area contributed by atoms with Crippen molar-refractivity contribution in [1.29, 1.82) is 0 Å². The predicted molar refractivity (Wildman–Crippen MR) is 66.2 cm³/mol. The minimum absolute atomic E-state index is 0.474. The maximum atomic E-state index is 11.2. The van der Waals surface area contributed by atoms with E-state index in [9.17, 15) is 4.79 Å². The molecule has 86 valence electrons. The number of aryl methyl sites for hydroxylation is 1. The van der Waals surface area contributed by atoms with Crippen LogP contribution >= 0.6 is 23.2 Å². The van der Waals surface area contributed by atoms with E-state index in [1.165, 1.54) is 0 Å². The first-order valence-corrected chi connectivity index (χ1v) is 5.62. The van der Waals surface area contributed by atoms with Crippen LogP contribution < -0.4 is 4.74 Å². The van der Waals surface area contributed by atoms with Crippen molar-refractivity contribution >= 4 is 29.2 Å². The highest BCUT2D eigenvalue weighted by atomic mass is 35.5. The van der Waals surface area contributed by atoms with Gasteiger partial charge >= 0.3 is 5.97 Å². The fourth-order valence-electron chi connectivity index (χ4n) is 1.28. The Hall–Kier alpha value is -0.990. The maximum Gasteiger partial charge on any atom is 0.344 e. The molecular weight excluding hydrogens is 247 g/mol. The molecule has 1 aromatic carbocycles. The molecule has 0 fully saturated rings. The average molecular weight is 259 g/mol. The Kier molecular flexibility index (Phi) is 4.84. The fourth-order valence-corrected chi connectivity index (χ4v) is 1.36. The van der Waals surface area contributed by atoms with E-state index in [0.717, 1.165) is 11.1 Å². The van der Waals surface area contributed by atoms with Crippen LogP contribution in [0, 0.1) is 6.92 Å². The summed E-state index contributed by atoms with van der Waals surface area (Å²) < 4.78 is 5.06. The van der Waals surface area contributed by atoms with Crippen molar-refractivity contribution in [3.8, 4) is 5.75 Å². The van der Waals surface area contributed by atoms with E-state index in [4.69, 9.17) is 27.9 Å². The predicted octanol–water partition coefficient (Wildman–Crippen LogP) is 3.43. The number of carbonyl (C=O) groups excluding carboxylic acids is 1. The minimum Gasteiger partial charge on any atom is -0.424 e. The molecule has 0 amide bonds. The Morgan fingerprint density at radius 3 is 2.81 bits per heavy atom. The van der Waals surface area contributed by atoms with Crippen LogP contribution in [-0.2, 0) is 11.2 Å². The maximum absolute atomic E-state index is 11.2. The molecule has 0 aromatic heterocycles. The molecule has 2 nitrogen and oxygen atoms in total. The summed E-state index contributed by atoms with van der Waals surface area (Å²) in [6.07, 6.45) is 2.37. The van der Waals surface area contributed by atoms with E-state index in [-0.39, 0.29) is 0 Å². The standard InChI is InChI=1S/C12H12Cl2O2/c1-3-4-9-7-8(2)5-6-10(9)16-12(15)11(13)14/h3,5-7,11H,1,4H2,2H3. The number of carbonyl (C=O) groups is 1. The highest BCUT2D eigenvalue weighted by Gasteiger charge is 2.15. The number of rotatable bonds is 4. The van der Waals surface area contributed by atoms with Crippen LogP contribution in [0.2, 0.25) is 0 Å². The van der Waals surface area contributed by atoms with Gasteiger partial charge in [-0.15, -0.1) is 6.58 Å². The molecule has 0 bridgehead atoms. The average Bonchev–Trinajstić information content (AvgIpc) is 2.22. The molecule has 0 saturated carbocycles. The molecule has 4 heteroatoms. The Bertz CT molecular complexity index is 400. The number of ether oxygens (including phenoxy) is 1. The third kappa shape index (κ3) is 3.54. The molecule has 16 heavy (non-hydrogen) atoms. The first-order chi connectivity index (χ1) is 7.54. The summed E-state index contributed by atoms with van der Waals surface area (Å²) in [4.78, 5) is 10.1. The van der Waals surface area contributed by atoms with Crippen LogP contribution in [0.25, 0.3) is 0 Å². The summed E-state index contributed by atoms with van der Waals surface area (Å²) in [6, 6.07) is 5.51. The molecule has 1 aromatic rings. The summed E-state index contributed by atoms with van der Waals surface area (Å²) >= 11 is 10.8. The van der Waals surface area contributed by atoms with E-state index >= 15 is 0 Å². The van der Waals surface area contributed by atoms with Gasteiger partial charge in [0.15, 0.2) is 0 Å². The van der Waals surface area contributed by atoms with Crippen molar-refractivity contribution < 1.29 is 9.53 Å². The van der Waals surface area contributed by atoms with Crippen molar-refractivity contribution in [2.75, 3.05) is 0 Å². The summed E-state index contributed by atoms with van der Waals surface area (Å²) in [7, 11) is 0. The number of allylic oxidation sites excluding steroid dienone is 1. The molecule has 0 radical (unpaired) electrons. The number of alkyl halides is 2. The molecule has 0 unspecified atom stereocenters. The van der Waals surface area contributed by atoms with Crippen molar-refractivity contribution in [2.45, 2.75) is 18.2 Å². The van der Waals surface area contributed by atoms with Gasteiger partial charge in [0, 0.05) is 0 Å².